The highest BCUT2D eigenvalue weighted by molar-refractivity contribution is 6.32. The van der Waals surface area contributed by atoms with E-state index in [1.54, 1.807) is 12.1 Å². The molecule has 1 saturated heterocycles. The molecule has 174 valence electrons. The molecule has 0 radical (unpaired) electrons. The van der Waals surface area contributed by atoms with Crippen molar-refractivity contribution in [1.82, 2.24) is 25.0 Å². The second-order valence-corrected chi connectivity index (χ2v) is 10.00. The SMILES string of the molecule is CC(C)(C)C(=O)NCc1ccc(Cl)c(-n2nc(-c3ccc(CN4CCCC4)cc3)[nH]c2=O)c1. The van der Waals surface area contributed by atoms with Gasteiger partial charge < -0.3 is 5.32 Å². The number of rotatable bonds is 6. The Bertz CT molecular complexity index is 1180. The van der Waals surface area contributed by atoms with Crippen LogP contribution in [-0.4, -0.2) is 38.7 Å². The van der Waals surface area contributed by atoms with Crippen LogP contribution in [0.3, 0.4) is 0 Å². The molecular formula is C25H30ClN5O2. The highest BCUT2D eigenvalue weighted by atomic mass is 35.5. The number of nitrogens with zero attached hydrogens (tertiary/aromatic N) is 3. The normalized spacial score (nSPS) is 14.5. The van der Waals surface area contributed by atoms with E-state index in [1.807, 2.05) is 39.0 Å². The molecule has 0 saturated carbocycles. The zero-order valence-electron chi connectivity index (χ0n) is 19.3. The van der Waals surface area contributed by atoms with Crippen LogP contribution in [0.5, 0.6) is 0 Å². The van der Waals surface area contributed by atoms with Crippen LogP contribution in [-0.2, 0) is 17.9 Å². The van der Waals surface area contributed by atoms with Crippen molar-refractivity contribution < 1.29 is 4.79 Å². The largest absolute Gasteiger partial charge is 0.352 e. The van der Waals surface area contributed by atoms with E-state index in [0.717, 1.165) is 30.8 Å². The fourth-order valence-electron chi connectivity index (χ4n) is 3.86. The van der Waals surface area contributed by atoms with Crippen LogP contribution in [0.25, 0.3) is 17.1 Å². The lowest BCUT2D eigenvalue weighted by molar-refractivity contribution is -0.128. The van der Waals surface area contributed by atoms with Gasteiger partial charge in [0.05, 0.1) is 10.7 Å². The maximum absolute atomic E-state index is 12.7. The van der Waals surface area contributed by atoms with Gasteiger partial charge in [0, 0.05) is 24.1 Å². The molecule has 33 heavy (non-hydrogen) atoms. The predicted molar refractivity (Wildman–Crippen MR) is 130 cm³/mol. The first-order valence-corrected chi connectivity index (χ1v) is 11.7. The van der Waals surface area contributed by atoms with Crippen LogP contribution in [0.2, 0.25) is 5.02 Å². The number of nitrogens with one attached hydrogen (secondary N) is 2. The lowest BCUT2D eigenvalue weighted by Crippen LogP contribution is -2.34. The van der Waals surface area contributed by atoms with E-state index in [2.05, 4.69) is 32.4 Å². The van der Waals surface area contributed by atoms with Gasteiger partial charge in [0.25, 0.3) is 0 Å². The summed E-state index contributed by atoms with van der Waals surface area (Å²) in [6, 6.07) is 13.4. The number of hydrogen-bond acceptors (Lipinski definition) is 4. The summed E-state index contributed by atoms with van der Waals surface area (Å²) in [5.74, 6) is 0.432. The van der Waals surface area contributed by atoms with E-state index in [9.17, 15) is 9.59 Å². The van der Waals surface area contributed by atoms with E-state index in [-0.39, 0.29) is 11.6 Å². The Morgan fingerprint density at radius 1 is 1.09 bits per heavy atom. The second-order valence-electron chi connectivity index (χ2n) is 9.59. The van der Waals surface area contributed by atoms with Crippen molar-refractivity contribution in [3.05, 3.63) is 69.1 Å². The Labute approximate surface area is 198 Å². The molecule has 2 heterocycles. The molecule has 8 heteroatoms. The summed E-state index contributed by atoms with van der Waals surface area (Å²) in [4.78, 5) is 30.1. The van der Waals surface area contributed by atoms with Crippen molar-refractivity contribution in [3.63, 3.8) is 0 Å². The van der Waals surface area contributed by atoms with Crippen molar-refractivity contribution in [3.8, 4) is 17.1 Å². The van der Waals surface area contributed by atoms with Crippen LogP contribution in [0.1, 0.15) is 44.7 Å². The first kappa shape index (κ1) is 23.3. The maximum atomic E-state index is 12.7. The summed E-state index contributed by atoms with van der Waals surface area (Å²) < 4.78 is 1.27. The molecule has 7 nitrogen and oxygen atoms in total. The van der Waals surface area contributed by atoms with E-state index < -0.39 is 5.41 Å². The summed E-state index contributed by atoms with van der Waals surface area (Å²) in [5.41, 5.74) is 2.53. The third-order valence-electron chi connectivity index (χ3n) is 5.82. The third kappa shape index (κ3) is 5.54. The number of amides is 1. The van der Waals surface area contributed by atoms with Crippen molar-refractivity contribution >= 4 is 17.5 Å². The Hall–Kier alpha value is -2.90. The zero-order chi connectivity index (χ0) is 23.6. The standard InChI is InChI=1S/C25H30ClN5O2/c1-25(2,3)23(32)27-15-18-8-11-20(26)21(14-18)31-24(33)28-22(29-31)19-9-6-17(7-10-19)16-30-12-4-5-13-30/h6-11,14H,4-5,12-13,15-16H2,1-3H3,(H,27,32)(H,28,29,33). The van der Waals surface area contributed by atoms with Crippen LogP contribution >= 0.6 is 11.6 Å². The number of H-pyrrole nitrogens is 1. The van der Waals surface area contributed by atoms with Gasteiger partial charge in [-0.05, 0) is 49.2 Å². The fourth-order valence-corrected chi connectivity index (χ4v) is 4.06. The molecule has 2 N–H and O–H groups in total. The lowest BCUT2D eigenvalue weighted by Gasteiger charge is -2.17. The molecule has 4 rings (SSSR count). The maximum Gasteiger partial charge on any atom is 0.348 e. The number of hydrogen-bond donors (Lipinski definition) is 2. The van der Waals surface area contributed by atoms with Gasteiger partial charge in [-0.1, -0.05) is 62.7 Å². The minimum Gasteiger partial charge on any atom is -0.352 e. The molecule has 1 aliphatic heterocycles. The molecule has 1 aliphatic rings. The van der Waals surface area contributed by atoms with Gasteiger partial charge in [-0.2, -0.15) is 4.68 Å². The quantitative estimate of drug-likeness (QED) is 0.570. The molecule has 0 bridgehead atoms. The van der Waals surface area contributed by atoms with Crippen LogP contribution in [0.4, 0.5) is 0 Å². The van der Waals surface area contributed by atoms with Gasteiger partial charge in [0.15, 0.2) is 5.82 Å². The fraction of sp³-hybridized carbons (Fsp3) is 0.400. The molecule has 0 aliphatic carbocycles. The molecule has 0 spiro atoms. The molecule has 3 aromatic rings. The number of carbonyl (C=O) groups excluding carboxylic acids is 1. The molecular weight excluding hydrogens is 438 g/mol. The smallest absolute Gasteiger partial charge is 0.348 e. The minimum absolute atomic E-state index is 0.0496. The van der Waals surface area contributed by atoms with Crippen LogP contribution in [0.15, 0.2) is 47.3 Å². The molecule has 1 aromatic heterocycles. The molecule has 1 fully saturated rings. The van der Waals surface area contributed by atoms with Gasteiger partial charge in [-0.25, -0.2) is 4.79 Å². The number of benzene rings is 2. The zero-order valence-corrected chi connectivity index (χ0v) is 20.1. The van der Waals surface area contributed by atoms with Gasteiger partial charge in [0.1, 0.15) is 0 Å². The van der Waals surface area contributed by atoms with Crippen LogP contribution < -0.4 is 11.0 Å². The average Bonchev–Trinajstić information content (AvgIpc) is 3.42. The Kier molecular flexibility index (Phi) is 6.72. The Balaban J connectivity index is 1.53. The summed E-state index contributed by atoms with van der Waals surface area (Å²) >= 11 is 6.39. The summed E-state index contributed by atoms with van der Waals surface area (Å²) in [6.45, 7) is 9.17. The third-order valence-corrected chi connectivity index (χ3v) is 6.14. The minimum atomic E-state index is -0.479. The van der Waals surface area contributed by atoms with Gasteiger partial charge in [-0.15, -0.1) is 5.10 Å². The first-order chi connectivity index (χ1) is 15.7. The van der Waals surface area contributed by atoms with Crippen molar-refractivity contribution in [2.45, 2.75) is 46.7 Å². The summed E-state index contributed by atoms with van der Waals surface area (Å²) in [5, 5.41) is 7.80. The second kappa shape index (κ2) is 9.53. The highest BCUT2D eigenvalue weighted by Crippen LogP contribution is 2.23. The van der Waals surface area contributed by atoms with Crippen molar-refractivity contribution in [2.24, 2.45) is 5.41 Å². The molecule has 0 atom stereocenters. The number of carbonyl (C=O) groups is 1. The summed E-state index contributed by atoms with van der Waals surface area (Å²) in [6.07, 6.45) is 2.53. The molecule has 2 aromatic carbocycles. The number of aromatic amines is 1. The number of likely N-dealkylation sites (tertiary alicyclic amines) is 1. The number of halogens is 1. The van der Waals surface area contributed by atoms with E-state index >= 15 is 0 Å². The molecule has 1 amide bonds. The summed E-state index contributed by atoms with van der Waals surface area (Å²) in [7, 11) is 0. The highest BCUT2D eigenvalue weighted by Gasteiger charge is 2.21. The number of aromatic nitrogens is 3. The van der Waals surface area contributed by atoms with E-state index in [0.29, 0.717) is 23.1 Å². The first-order valence-electron chi connectivity index (χ1n) is 11.3. The van der Waals surface area contributed by atoms with Gasteiger partial charge >= 0.3 is 5.69 Å². The Morgan fingerprint density at radius 2 is 1.76 bits per heavy atom. The topological polar surface area (TPSA) is 83.0 Å². The van der Waals surface area contributed by atoms with Crippen LogP contribution in [0, 0.1) is 5.41 Å². The van der Waals surface area contributed by atoms with E-state index in [4.69, 9.17) is 11.6 Å². The monoisotopic (exact) mass is 467 g/mol. The average molecular weight is 468 g/mol. The van der Waals surface area contributed by atoms with Crippen molar-refractivity contribution in [2.75, 3.05) is 13.1 Å². The van der Waals surface area contributed by atoms with Gasteiger partial charge in [0.2, 0.25) is 5.91 Å². The molecule has 0 unspecified atom stereocenters. The predicted octanol–water partition coefficient (Wildman–Crippen LogP) is 4.14. The van der Waals surface area contributed by atoms with E-state index in [1.165, 1.54) is 23.1 Å². The van der Waals surface area contributed by atoms with Crippen molar-refractivity contribution in [1.29, 1.82) is 0 Å². The lowest BCUT2D eigenvalue weighted by atomic mass is 9.95. The van der Waals surface area contributed by atoms with Gasteiger partial charge in [-0.3, -0.25) is 14.7 Å². The Morgan fingerprint density at radius 3 is 2.42 bits per heavy atom.